The molecule has 0 aromatic heterocycles. The van der Waals surface area contributed by atoms with Crippen LogP contribution >= 0.6 is 0 Å². The third kappa shape index (κ3) is 5.20. The summed E-state index contributed by atoms with van der Waals surface area (Å²) in [6.45, 7) is 1.01. The molecule has 8 nitrogen and oxygen atoms in total. The van der Waals surface area contributed by atoms with Crippen LogP contribution in [0.25, 0.3) is 0 Å². The highest BCUT2D eigenvalue weighted by Gasteiger charge is 2.33. The first-order chi connectivity index (χ1) is 12.2. The molecule has 0 unspecified atom stereocenters. The van der Waals surface area contributed by atoms with Gasteiger partial charge in [-0.1, -0.05) is 0 Å². The van der Waals surface area contributed by atoms with Crippen molar-refractivity contribution in [2.24, 2.45) is 0 Å². The van der Waals surface area contributed by atoms with Gasteiger partial charge >= 0.3 is 5.97 Å². The Morgan fingerprint density at radius 1 is 1.35 bits per heavy atom. The zero-order chi connectivity index (χ0) is 19.3. The Hall–Kier alpha value is -2.60. The third-order valence-corrected chi connectivity index (χ3v) is 5.87. The maximum Gasteiger partial charge on any atom is 0.347 e. The van der Waals surface area contributed by atoms with E-state index in [9.17, 15) is 18.0 Å². The van der Waals surface area contributed by atoms with Gasteiger partial charge in [0, 0.05) is 13.1 Å². The second-order valence-electron chi connectivity index (χ2n) is 6.07. The number of benzene rings is 1. The van der Waals surface area contributed by atoms with E-state index >= 15 is 0 Å². The van der Waals surface area contributed by atoms with Crippen molar-refractivity contribution >= 4 is 21.7 Å². The second kappa shape index (κ2) is 8.19. The van der Waals surface area contributed by atoms with Crippen LogP contribution in [0.5, 0.6) is 5.75 Å². The topological polar surface area (TPSA) is 114 Å². The molecule has 1 aromatic rings. The summed E-state index contributed by atoms with van der Waals surface area (Å²) in [5, 5.41) is 8.74. The Bertz CT molecular complexity index is 813. The van der Waals surface area contributed by atoms with Crippen LogP contribution in [0.2, 0.25) is 0 Å². The number of carbonyl (C=O) groups excluding carboxylic acids is 2. The normalized spacial score (nSPS) is 19.2. The fourth-order valence-electron chi connectivity index (χ4n) is 2.50. The van der Waals surface area contributed by atoms with Crippen molar-refractivity contribution in [3.8, 4) is 11.8 Å². The molecular weight excluding hydrogens is 360 g/mol. The quantitative estimate of drug-likeness (QED) is 0.661. The number of rotatable bonds is 6. The maximum atomic E-state index is 12.1. The number of sulfone groups is 1. The summed E-state index contributed by atoms with van der Waals surface area (Å²) in [4.78, 5) is 25.3. The molecule has 140 valence electrons. The van der Waals surface area contributed by atoms with Crippen LogP contribution in [-0.4, -0.2) is 62.5 Å². The van der Waals surface area contributed by atoms with Crippen LogP contribution in [0.4, 0.5) is 0 Å². The summed E-state index contributed by atoms with van der Waals surface area (Å²) in [7, 11) is -1.60. The minimum Gasteiger partial charge on any atom is -0.479 e. The van der Waals surface area contributed by atoms with Gasteiger partial charge in [-0.05, 0) is 37.6 Å². The Kier molecular flexibility index (Phi) is 6.21. The Balaban J connectivity index is 1.81. The molecule has 1 heterocycles. The predicted octanol–water partition coefficient (Wildman–Crippen LogP) is 0.514. The molecule has 0 radical (unpaired) electrons. The first-order valence-corrected chi connectivity index (χ1v) is 9.83. The summed E-state index contributed by atoms with van der Waals surface area (Å²) >= 11 is 0. The molecule has 1 fully saturated rings. The van der Waals surface area contributed by atoms with E-state index in [1.165, 1.54) is 18.9 Å². The molecule has 0 spiro atoms. The van der Waals surface area contributed by atoms with E-state index in [1.54, 1.807) is 24.3 Å². The molecule has 0 N–H and O–H groups in total. The molecule has 1 saturated heterocycles. The molecule has 1 amide bonds. The highest BCUT2D eigenvalue weighted by Crippen LogP contribution is 2.17. The summed E-state index contributed by atoms with van der Waals surface area (Å²) in [5.74, 6) is -0.791. The number of amides is 1. The van der Waals surface area contributed by atoms with Gasteiger partial charge in [0.15, 0.2) is 22.5 Å². The van der Waals surface area contributed by atoms with E-state index in [-0.39, 0.29) is 11.5 Å². The highest BCUT2D eigenvalue weighted by atomic mass is 32.2. The largest absolute Gasteiger partial charge is 0.479 e. The van der Waals surface area contributed by atoms with Crippen LogP contribution in [0.1, 0.15) is 18.9 Å². The van der Waals surface area contributed by atoms with E-state index in [2.05, 4.69) is 0 Å². The number of hydrogen-bond acceptors (Lipinski definition) is 7. The van der Waals surface area contributed by atoms with E-state index in [0.29, 0.717) is 17.7 Å². The minimum absolute atomic E-state index is 0.0601. The van der Waals surface area contributed by atoms with Gasteiger partial charge in [0.25, 0.3) is 5.91 Å². The Morgan fingerprint density at radius 2 is 2.00 bits per heavy atom. The Labute approximate surface area is 152 Å². The van der Waals surface area contributed by atoms with E-state index < -0.39 is 40.5 Å². The summed E-state index contributed by atoms with van der Waals surface area (Å²) in [6.07, 6.45) is -0.551. The number of ether oxygens (including phenoxy) is 2. The van der Waals surface area contributed by atoms with Gasteiger partial charge in [-0.25, -0.2) is 13.2 Å². The lowest BCUT2D eigenvalue weighted by Gasteiger charge is -2.23. The van der Waals surface area contributed by atoms with Crippen molar-refractivity contribution in [2.75, 3.05) is 25.2 Å². The van der Waals surface area contributed by atoms with Crippen molar-refractivity contribution in [1.29, 1.82) is 5.26 Å². The van der Waals surface area contributed by atoms with Gasteiger partial charge in [-0.2, -0.15) is 5.26 Å². The maximum absolute atomic E-state index is 12.1. The molecule has 1 aromatic carbocycles. The van der Waals surface area contributed by atoms with Crippen LogP contribution in [-0.2, 0) is 24.2 Å². The van der Waals surface area contributed by atoms with Crippen molar-refractivity contribution in [1.82, 2.24) is 4.90 Å². The molecular formula is C17H20N2O6S. The minimum atomic E-state index is -3.10. The number of carbonyl (C=O) groups is 2. The Morgan fingerprint density at radius 3 is 2.54 bits per heavy atom. The number of nitrogens with zero attached hydrogens (tertiary/aromatic N) is 2. The summed E-state index contributed by atoms with van der Waals surface area (Å²) < 4.78 is 33.3. The smallest absolute Gasteiger partial charge is 0.347 e. The molecule has 0 bridgehead atoms. The van der Waals surface area contributed by atoms with Crippen LogP contribution in [0.3, 0.4) is 0 Å². The van der Waals surface area contributed by atoms with Crippen LogP contribution < -0.4 is 4.74 Å². The number of esters is 1. The summed E-state index contributed by atoms with van der Waals surface area (Å²) in [5.41, 5.74) is 0.468. The standard InChI is InChI=1S/C17H20N2O6S/c1-12(25-15-5-3-13(9-18)4-6-15)17(21)24-10-16(20)19(2)14-7-8-26(22,23)11-14/h3-6,12,14H,7-8,10-11H2,1-2H3/t12-,14-/m1/s1. The van der Waals surface area contributed by atoms with Crippen LogP contribution in [0, 0.1) is 11.3 Å². The lowest BCUT2D eigenvalue weighted by atomic mass is 10.2. The zero-order valence-electron chi connectivity index (χ0n) is 14.5. The van der Waals surface area contributed by atoms with E-state index in [4.69, 9.17) is 14.7 Å². The van der Waals surface area contributed by atoms with Crippen molar-refractivity contribution in [2.45, 2.75) is 25.5 Å². The molecule has 0 aliphatic carbocycles. The van der Waals surface area contributed by atoms with Gasteiger partial charge in [0.05, 0.1) is 23.1 Å². The van der Waals surface area contributed by atoms with Gasteiger partial charge < -0.3 is 14.4 Å². The average Bonchev–Trinajstić information content (AvgIpc) is 2.99. The molecule has 1 aliphatic rings. The zero-order valence-corrected chi connectivity index (χ0v) is 15.4. The molecule has 26 heavy (non-hydrogen) atoms. The third-order valence-electron chi connectivity index (χ3n) is 4.12. The lowest BCUT2D eigenvalue weighted by molar-refractivity contribution is -0.157. The first-order valence-electron chi connectivity index (χ1n) is 8.01. The van der Waals surface area contributed by atoms with Crippen molar-refractivity contribution in [3.63, 3.8) is 0 Å². The molecule has 2 atom stereocenters. The average molecular weight is 380 g/mol. The molecule has 2 rings (SSSR count). The predicted molar refractivity (Wildman–Crippen MR) is 92.0 cm³/mol. The van der Waals surface area contributed by atoms with Gasteiger partial charge in [-0.3, -0.25) is 4.79 Å². The van der Waals surface area contributed by atoms with Gasteiger partial charge in [0.2, 0.25) is 0 Å². The van der Waals surface area contributed by atoms with Crippen molar-refractivity contribution < 1.29 is 27.5 Å². The van der Waals surface area contributed by atoms with Crippen molar-refractivity contribution in [3.05, 3.63) is 29.8 Å². The van der Waals surface area contributed by atoms with Gasteiger partial charge in [-0.15, -0.1) is 0 Å². The molecule has 0 saturated carbocycles. The van der Waals surface area contributed by atoms with E-state index in [1.807, 2.05) is 6.07 Å². The second-order valence-corrected chi connectivity index (χ2v) is 8.29. The molecule has 1 aliphatic heterocycles. The SMILES string of the molecule is C[C@@H](Oc1ccc(C#N)cc1)C(=O)OCC(=O)N(C)[C@@H]1CCS(=O)(=O)C1. The number of likely N-dealkylation sites (N-methyl/N-ethyl adjacent to an activating group) is 1. The van der Waals surface area contributed by atoms with Gasteiger partial charge in [0.1, 0.15) is 5.75 Å². The fourth-order valence-corrected chi connectivity index (χ4v) is 4.27. The lowest BCUT2D eigenvalue weighted by Crippen LogP contribution is -2.41. The van der Waals surface area contributed by atoms with E-state index in [0.717, 1.165) is 0 Å². The first kappa shape index (κ1) is 19.7. The van der Waals surface area contributed by atoms with Crippen LogP contribution in [0.15, 0.2) is 24.3 Å². The highest BCUT2D eigenvalue weighted by molar-refractivity contribution is 7.91. The monoisotopic (exact) mass is 380 g/mol. The fraction of sp³-hybridized carbons (Fsp3) is 0.471. The summed E-state index contributed by atoms with van der Waals surface area (Å²) in [6, 6.07) is 7.81. The molecule has 9 heteroatoms. The number of nitriles is 1. The number of hydrogen-bond donors (Lipinski definition) is 0.